The first-order valence-electron chi connectivity index (χ1n) is 11.1. The summed E-state index contributed by atoms with van der Waals surface area (Å²) >= 11 is 0. The molecule has 2 N–H and O–H groups in total. The number of hydrogen-bond acceptors (Lipinski definition) is 7. The summed E-state index contributed by atoms with van der Waals surface area (Å²) in [5.74, 6) is 1.34. The fourth-order valence-electron chi connectivity index (χ4n) is 4.04. The van der Waals surface area contributed by atoms with Crippen LogP contribution in [0.5, 0.6) is 11.5 Å². The minimum atomic E-state index is -0.568. The maximum Gasteiger partial charge on any atom is 0.255 e. The third-order valence-electron chi connectivity index (χ3n) is 5.73. The van der Waals surface area contributed by atoms with E-state index in [9.17, 15) is 4.79 Å². The predicted octanol–water partition coefficient (Wildman–Crippen LogP) is 4.19. The number of aromatic nitrogens is 4. The number of para-hydroxylation sites is 1. The van der Waals surface area contributed by atoms with Crippen molar-refractivity contribution in [3.63, 3.8) is 0 Å². The molecule has 1 atom stereocenters. The number of amides is 1. The van der Waals surface area contributed by atoms with Crippen LogP contribution in [0.2, 0.25) is 0 Å². The molecule has 1 aliphatic heterocycles. The predicted molar refractivity (Wildman–Crippen MR) is 131 cm³/mol. The van der Waals surface area contributed by atoms with Gasteiger partial charge in [-0.3, -0.25) is 4.79 Å². The Bertz CT molecular complexity index is 1370. The monoisotopic (exact) mass is 468 g/mol. The topological polar surface area (TPSA) is 103 Å². The van der Waals surface area contributed by atoms with E-state index < -0.39 is 6.04 Å². The van der Waals surface area contributed by atoms with Crippen LogP contribution in [0.25, 0.3) is 0 Å². The second-order valence-corrected chi connectivity index (χ2v) is 8.02. The largest absolute Gasteiger partial charge is 0.493 e. The lowest BCUT2D eigenvalue weighted by Crippen LogP contribution is -2.31. The number of allylic oxidation sites excluding steroid dienone is 1. The van der Waals surface area contributed by atoms with Gasteiger partial charge in [-0.15, -0.1) is 0 Å². The van der Waals surface area contributed by atoms with Crippen LogP contribution in [0.1, 0.15) is 24.1 Å². The molecule has 35 heavy (non-hydrogen) atoms. The highest BCUT2D eigenvalue weighted by atomic mass is 16.5. The molecule has 0 spiro atoms. The van der Waals surface area contributed by atoms with Gasteiger partial charge in [0.1, 0.15) is 12.6 Å². The van der Waals surface area contributed by atoms with Crippen molar-refractivity contribution in [2.45, 2.75) is 19.6 Å². The van der Waals surface area contributed by atoms with Crippen LogP contribution in [0.15, 0.2) is 90.1 Å². The van der Waals surface area contributed by atoms with Gasteiger partial charge in [-0.2, -0.15) is 4.68 Å². The molecule has 1 aliphatic rings. The summed E-state index contributed by atoms with van der Waals surface area (Å²) in [6.45, 7) is 2.24. The Kier molecular flexibility index (Phi) is 6.13. The van der Waals surface area contributed by atoms with Crippen molar-refractivity contribution in [2.24, 2.45) is 0 Å². The van der Waals surface area contributed by atoms with Gasteiger partial charge in [0, 0.05) is 11.4 Å². The summed E-state index contributed by atoms with van der Waals surface area (Å²) in [5, 5.41) is 18.1. The fraction of sp³-hybridized carbons (Fsp3) is 0.154. The molecule has 0 saturated heterocycles. The van der Waals surface area contributed by atoms with Gasteiger partial charge >= 0.3 is 0 Å². The van der Waals surface area contributed by atoms with Gasteiger partial charge in [-0.25, -0.2) is 0 Å². The van der Waals surface area contributed by atoms with E-state index in [1.807, 2.05) is 85.8 Å². The first-order chi connectivity index (χ1) is 17.1. The molecule has 4 aromatic rings. The number of anilines is 2. The van der Waals surface area contributed by atoms with E-state index in [1.54, 1.807) is 11.8 Å². The van der Waals surface area contributed by atoms with Crippen LogP contribution in [0.4, 0.5) is 11.6 Å². The number of methoxy groups -OCH3 is 1. The van der Waals surface area contributed by atoms with Crippen molar-refractivity contribution in [3.05, 3.63) is 101 Å². The average molecular weight is 469 g/mol. The molecule has 176 valence electrons. The summed E-state index contributed by atoms with van der Waals surface area (Å²) in [7, 11) is 1.59. The number of benzene rings is 3. The summed E-state index contributed by atoms with van der Waals surface area (Å²) in [6.07, 6.45) is 0. The van der Waals surface area contributed by atoms with Crippen molar-refractivity contribution in [1.82, 2.24) is 20.2 Å². The highest BCUT2D eigenvalue weighted by Gasteiger charge is 2.34. The van der Waals surface area contributed by atoms with Gasteiger partial charge in [0.25, 0.3) is 5.91 Å². The summed E-state index contributed by atoms with van der Waals surface area (Å²) in [6, 6.07) is 24.2. The number of tetrazole rings is 1. The van der Waals surface area contributed by atoms with Gasteiger partial charge in [0.15, 0.2) is 11.5 Å². The Labute approximate surface area is 202 Å². The molecule has 1 amide bonds. The van der Waals surface area contributed by atoms with Crippen molar-refractivity contribution >= 4 is 17.5 Å². The smallest absolute Gasteiger partial charge is 0.255 e. The van der Waals surface area contributed by atoms with E-state index >= 15 is 0 Å². The van der Waals surface area contributed by atoms with E-state index in [-0.39, 0.29) is 5.91 Å². The molecule has 0 bridgehead atoms. The zero-order valence-corrected chi connectivity index (χ0v) is 19.3. The van der Waals surface area contributed by atoms with Crippen LogP contribution in [-0.4, -0.2) is 33.2 Å². The molecule has 3 aromatic carbocycles. The van der Waals surface area contributed by atoms with Crippen LogP contribution in [0.3, 0.4) is 0 Å². The van der Waals surface area contributed by atoms with Crippen molar-refractivity contribution in [2.75, 3.05) is 17.7 Å². The number of rotatable bonds is 7. The van der Waals surface area contributed by atoms with Crippen LogP contribution in [-0.2, 0) is 11.4 Å². The molecule has 0 radical (unpaired) electrons. The van der Waals surface area contributed by atoms with Gasteiger partial charge in [-0.05, 0) is 52.7 Å². The van der Waals surface area contributed by atoms with Crippen molar-refractivity contribution in [3.8, 4) is 11.5 Å². The van der Waals surface area contributed by atoms with E-state index in [4.69, 9.17) is 9.47 Å². The Morgan fingerprint density at radius 1 is 1.03 bits per heavy atom. The molecule has 0 unspecified atom stereocenters. The second kappa shape index (κ2) is 9.68. The molecule has 5 rings (SSSR count). The van der Waals surface area contributed by atoms with E-state index in [0.717, 1.165) is 11.1 Å². The fourth-order valence-corrected chi connectivity index (χ4v) is 4.04. The number of nitrogens with one attached hydrogen (secondary N) is 2. The Morgan fingerprint density at radius 3 is 2.51 bits per heavy atom. The maximum atomic E-state index is 13.4. The third-order valence-corrected chi connectivity index (χ3v) is 5.73. The van der Waals surface area contributed by atoms with E-state index in [1.165, 1.54) is 0 Å². The molecular weight excluding hydrogens is 444 g/mol. The molecule has 9 heteroatoms. The molecule has 0 saturated carbocycles. The highest BCUT2D eigenvalue weighted by molar-refractivity contribution is 6.06. The zero-order valence-electron chi connectivity index (χ0n) is 19.3. The summed E-state index contributed by atoms with van der Waals surface area (Å²) in [5.41, 5.74) is 3.68. The standard InChI is InChI=1S/C26H24N6O3/c1-17-23(25(33)28-20-11-7-4-8-12-20)24(32-26(27-17)29-30-31-32)19-13-14-21(22(15-19)34-2)35-16-18-9-5-3-6-10-18/h3-15,24H,16H2,1-2H3,(H,28,33)(H,27,29,31)/t24-/m0/s1. The van der Waals surface area contributed by atoms with Gasteiger partial charge in [-0.1, -0.05) is 59.7 Å². The number of nitrogens with zero attached hydrogens (tertiary/aromatic N) is 4. The first-order valence-corrected chi connectivity index (χ1v) is 11.1. The molecule has 2 heterocycles. The van der Waals surface area contributed by atoms with Gasteiger partial charge in [0.05, 0.1) is 12.7 Å². The highest BCUT2D eigenvalue weighted by Crippen LogP contribution is 2.38. The lowest BCUT2D eigenvalue weighted by Gasteiger charge is -2.28. The number of carbonyl (C=O) groups is 1. The van der Waals surface area contributed by atoms with Crippen molar-refractivity contribution in [1.29, 1.82) is 0 Å². The zero-order chi connectivity index (χ0) is 24.2. The molecule has 0 fully saturated rings. The van der Waals surface area contributed by atoms with Gasteiger partial charge < -0.3 is 20.1 Å². The van der Waals surface area contributed by atoms with E-state index in [2.05, 4.69) is 26.2 Å². The Hall–Kier alpha value is -4.66. The van der Waals surface area contributed by atoms with Gasteiger partial charge in [0.2, 0.25) is 5.95 Å². The minimum Gasteiger partial charge on any atom is -0.493 e. The molecule has 1 aromatic heterocycles. The summed E-state index contributed by atoms with van der Waals surface area (Å²) < 4.78 is 13.2. The van der Waals surface area contributed by atoms with E-state index in [0.29, 0.717) is 41.0 Å². The first kappa shape index (κ1) is 22.1. The minimum absolute atomic E-state index is 0.254. The number of ether oxygens (including phenoxy) is 2. The quantitative estimate of drug-likeness (QED) is 0.419. The third kappa shape index (κ3) is 4.56. The SMILES string of the molecule is COc1cc([C@H]2C(C(=O)Nc3ccccc3)=C(C)Nc3nnnn32)ccc1OCc1ccccc1. The molecule has 9 nitrogen and oxygen atoms in total. The maximum absolute atomic E-state index is 13.4. The second-order valence-electron chi connectivity index (χ2n) is 8.02. The van der Waals surface area contributed by atoms with Crippen LogP contribution >= 0.6 is 0 Å². The molecule has 0 aliphatic carbocycles. The lowest BCUT2D eigenvalue weighted by atomic mass is 9.94. The van der Waals surface area contributed by atoms with Crippen molar-refractivity contribution < 1.29 is 14.3 Å². The number of fused-ring (bicyclic) bond motifs is 1. The normalized spacial score (nSPS) is 14.6. The van der Waals surface area contributed by atoms with Crippen LogP contribution in [0, 0.1) is 0 Å². The molecular formula is C26H24N6O3. The Morgan fingerprint density at radius 2 is 1.77 bits per heavy atom. The van der Waals surface area contributed by atoms with Crippen LogP contribution < -0.4 is 20.1 Å². The summed E-state index contributed by atoms with van der Waals surface area (Å²) in [4.78, 5) is 13.4. The number of carbonyl (C=O) groups excluding carboxylic acids is 1. The average Bonchev–Trinajstić information content (AvgIpc) is 3.35. The number of hydrogen-bond donors (Lipinski definition) is 2. The Balaban J connectivity index is 1.48. The lowest BCUT2D eigenvalue weighted by molar-refractivity contribution is -0.113.